The van der Waals surface area contributed by atoms with Crippen LogP contribution in [0.3, 0.4) is 0 Å². The van der Waals surface area contributed by atoms with E-state index in [0.717, 1.165) is 18.5 Å². The first-order valence-electron chi connectivity index (χ1n) is 3.97. The molecule has 0 unspecified atom stereocenters. The predicted octanol–water partition coefficient (Wildman–Crippen LogP) is 0.598. The number of hydrogen-bond acceptors (Lipinski definition) is 2. The highest BCUT2D eigenvalue weighted by Gasteiger charge is 2.51. The van der Waals surface area contributed by atoms with Gasteiger partial charge in [-0.25, -0.2) is 0 Å². The van der Waals surface area contributed by atoms with E-state index in [9.17, 15) is 4.79 Å². The number of nitrogens with zero attached hydrogens (tertiary/aromatic N) is 1. The van der Waals surface area contributed by atoms with Gasteiger partial charge in [0.2, 0.25) is 5.91 Å². The fraction of sp³-hybridized carbons (Fsp3) is 0.333. The first-order valence-corrected chi connectivity index (χ1v) is 3.97. The summed E-state index contributed by atoms with van der Waals surface area (Å²) in [4.78, 5) is 15.2. The highest BCUT2D eigenvalue weighted by Crippen LogP contribution is 2.46. The summed E-state index contributed by atoms with van der Waals surface area (Å²) in [5.74, 6) is -0.249. The van der Waals surface area contributed by atoms with Crippen LogP contribution in [0.4, 0.5) is 0 Å². The van der Waals surface area contributed by atoms with Crippen LogP contribution in [0.2, 0.25) is 0 Å². The van der Waals surface area contributed by atoms with Crippen LogP contribution in [0, 0.1) is 0 Å². The Balaban J connectivity index is 2.37. The van der Waals surface area contributed by atoms with E-state index in [4.69, 9.17) is 5.73 Å². The molecule has 2 rings (SSSR count). The van der Waals surface area contributed by atoms with Crippen LogP contribution in [-0.2, 0) is 10.2 Å². The van der Waals surface area contributed by atoms with Crippen molar-refractivity contribution in [1.82, 2.24) is 4.98 Å². The average molecular weight is 162 g/mol. The first-order chi connectivity index (χ1) is 5.76. The fourth-order valence-electron chi connectivity index (χ4n) is 1.40. The van der Waals surface area contributed by atoms with E-state index >= 15 is 0 Å². The van der Waals surface area contributed by atoms with Gasteiger partial charge in [-0.15, -0.1) is 0 Å². The molecule has 1 aromatic heterocycles. The van der Waals surface area contributed by atoms with E-state index in [2.05, 4.69) is 4.98 Å². The van der Waals surface area contributed by atoms with E-state index in [1.807, 2.05) is 18.2 Å². The van der Waals surface area contributed by atoms with Gasteiger partial charge < -0.3 is 5.73 Å². The average Bonchev–Trinajstić information content (AvgIpc) is 2.86. The van der Waals surface area contributed by atoms with Crippen LogP contribution in [-0.4, -0.2) is 10.9 Å². The molecule has 1 aliphatic carbocycles. The topological polar surface area (TPSA) is 56.0 Å². The standard InChI is InChI=1S/C9H10N2O/c10-8(12)9(4-5-9)7-3-1-2-6-11-7/h1-3,6H,4-5H2,(H2,10,12). The molecule has 0 saturated heterocycles. The Kier molecular flexibility index (Phi) is 1.40. The molecule has 3 nitrogen and oxygen atoms in total. The van der Waals surface area contributed by atoms with Crippen molar-refractivity contribution in [1.29, 1.82) is 0 Å². The third-order valence-electron chi connectivity index (χ3n) is 2.38. The van der Waals surface area contributed by atoms with Gasteiger partial charge in [0.1, 0.15) is 0 Å². The van der Waals surface area contributed by atoms with Crippen molar-refractivity contribution in [3.63, 3.8) is 0 Å². The van der Waals surface area contributed by atoms with Gasteiger partial charge in [-0.3, -0.25) is 9.78 Å². The number of pyridine rings is 1. The van der Waals surface area contributed by atoms with Gasteiger partial charge in [-0.05, 0) is 25.0 Å². The summed E-state index contributed by atoms with van der Waals surface area (Å²) >= 11 is 0. The largest absolute Gasteiger partial charge is 0.369 e. The minimum absolute atomic E-state index is 0.249. The van der Waals surface area contributed by atoms with Gasteiger partial charge in [0, 0.05) is 6.20 Å². The Morgan fingerprint density at radius 2 is 2.25 bits per heavy atom. The lowest BCUT2D eigenvalue weighted by Gasteiger charge is -2.08. The molecule has 0 spiro atoms. The molecule has 0 aliphatic heterocycles. The lowest BCUT2D eigenvalue weighted by Crippen LogP contribution is -2.29. The van der Waals surface area contributed by atoms with Gasteiger partial charge in [-0.1, -0.05) is 6.07 Å². The monoisotopic (exact) mass is 162 g/mol. The summed E-state index contributed by atoms with van der Waals surface area (Å²) in [6.45, 7) is 0. The molecule has 0 radical (unpaired) electrons. The van der Waals surface area contributed by atoms with Gasteiger partial charge in [0.25, 0.3) is 0 Å². The Bertz CT molecular complexity index is 304. The molecule has 1 aliphatic rings. The summed E-state index contributed by atoms with van der Waals surface area (Å²) in [7, 11) is 0. The summed E-state index contributed by atoms with van der Waals surface area (Å²) in [6.07, 6.45) is 3.39. The highest BCUT2D eigenvalue weighted by atomic mass is 16.1. The minimum Gasteiger partial charge on any atom is -0.369 e. The molecule has 0 atom stereocenters. The third kappa shape index (κ3) is 0.897. The molecular weight excluding hydrogens is 152 g/mol. The smallest absolute Gasteiger partial charge is 0.229 e. The number of carbonyl (C=O) groups excluding carboxylic acids is 1. The molecule has 1 fully saturated rings. The number of rotatable bonds is 2. The van der Waals surface area contributed by atoms with Crippen molar-refractivity contribution < 1.29 is 4.79 Å². The van der Waals surface area contributed by atoms with Crippen LogP contribution in [0.5, 0.6) is 0 Å². The van der Waals surface area contributed by atoms with Crippen LogP contribution < -0.4 is 5.73 Å². The van der Waals surface area contributed by atoms with Crippen molar-refractivity contribution >= 4 is 5.91 Å². The number of primary amides is 1. The summed E-state index contributed by atoms with van der Waals surface area (Å²) in [6, 6.07) is 5.57. The van der Waals surface area contributed by atoms with Gasteiger partial charge in [-0.2, -0.15) is 0 Å². The van der Waals surface area contributed by atoms with Gasteiger partial charge >= 0.3 is 0 Å². The van der Waals surface area contributed by atoms with E-state index in [0.29, 0.717) is 0 Å². The Morgan fingerprint density at radius 3 is 2.67 bits per heavy atom. The maximum absolute atomic E-state index is 11.1. The fourth-order valence-corrected chi connectivity index (χ4v) is 1.40. The Labute approximate surface area is 70.6 Å². The molecule has 1 saturated carbocycles. The number of amides is 1. The molecule has 1 amide bonds. The summed E-state index contributed by atoms with van der Waals surface area (Å²) in [5.41, 5.74) is 5.67. The maximum Gasteiger partial charge on any atom is 0.229 e. The molecule has 0 bridgehead atoms. The molecule has 12 heavy (non-hydrogen) atoms. The highest BCUT2D eigenvalue weighted by molar-refractivity contribution is 5.89. The SMILES string of the molecule is NC(=O)C1(c2ccccn2)CC1. The van der Waals surface area contributed by atoms with Crippen molar-refractivity contribution in [3.05, 3.63) is 30.1 Å². The molecule has 2 N–H and O–H groups in total. The van der Waals surface area contributed by atoms with Gasteiger partial charge in [0.15, 0.2) is 0 Å². The minimum atomic E-state index is -0.429. The van der Waals surface area contributed by atoms with E-state index < -0.39 is 5.41 Å². The molecule has 1 aromatic rings. The quantitative estimate of drug-likeness (QED) is 0.692. The molecule has 62 valence electrons. The number of aromatic nitrogens is 1. The van der Waals surface area contributed by atoms with Crippen molar-refractivity contribution in [2.45, 2.75) is 18.3 Å². The zero-order chi connectivity index (χ0) is 8.60. The van der Waals surface area contributed by atoms with E-state index in [1.165, 1.54) is 0 Å². The maximum atomic E-state index is 11.1. The van der Waals surface area contributed by atoms with E-state index in [-0.39, 0.29) is 5.91 Å². The molecule has 3 heteroatoms. The Morgan fingerprint density at radius 1 is 1.50 bits per heavy atom. The van der Waals surface area contributed by atoms with Crippen LogP contribution in [0.15, 0.2) is 24.4 Å². The van der Waals surface area contributed by atoms with Crippen LogP contribution in [0.1, 0.15) is 18.5 Å². The molecular formula is C9H10N2O. The molecule has 0 aromatic carbocycles. The zero-order valence-corrected chi connectivity index (χ0v) is 6.66. The van der Waals surface area contributed by atoms with Gasteiger partial charge in [0.05, 0.1) is 11.1 Å². The van der Waals surface area contributed by atoms with E-state index in [1.54, 1.807) is 6.20 Å². The van der Waals surface area contributed by atoms with Crippen molar-refractivity contribution in [2.75, 3.05) is 0 Å². The summed E-state index contributed by atoms with van der Waals surface area (Å²) in [5, 5.41) is 0. The number of carbonyl (C=O) groups is 1. The lowest BCUT2D eigenvalue weighted by molar-refractivity contribution is -0.120. The first kappa shape index (κ1) is 7.28. The lowest BCUT2D eigenvalue weighted by atomic mass is 10.0. The normalized spacial score (nSPS) is 18.7. The second kappa shape index (κ2) is 2.30. The zero-order valence-electron chi connectivity index (χ0n) is 6.66. The van der Waals surface area contributed by atoms with Crippen LogP contribution in [0.25, 0.3) is 0 Å². The van der Waals surface area contributed by atoms with Crippen molar-refractivity contribution in [2.24, 2.45) is 5.73 Å². The third-order valence-corrected chi connectivity index (χ3v) is 2.38. The second-order valence-corrected chi connectivity index (χ2v) is 3.16. The molecule has 1 heterocycles. The summed E-state index contributed by atoms with van der Waals surface area (Å²) < 4.78 is 0. The predicted molar refractivity (Wildman–Crippen MR) is 44.3 cm³/mol. The van der Waals surface area contributed by atoms with Crippen LogP contribution >= 0.6 is 0 Å². The second-order valence-electron chi connectivity index (χ2n) is 3.16. The Hall–Kier alpha value is -1.38. The van der Waals surface area contributed by atoms with Crippen molar-refractivity contribution in [3.8, 4) is 0 Å². The number of hydrogen-bond donors (Lipinski definition) is 1. The number of nitrogens with two attached hydrogens (primary N) is 1.